The normalized spacial score (nSPS) is 9.38. The van der Waals surface area contributed by atoms with Gasteiger partial charge in [-0.05, 0) is 120 Å². The van der Waals surface area contributed by atoms with E-state index >= 15 is 0 Å². The molecule has 0 aliphatic heterocycles. The van der Waals surface area contributed by atoms with E-state index in [2.05, 4.69) is 83.5 Å². The Morgan fingerprint density at radius 3 is 0.812 bits per heavy atom. The van der Waals surface area contributed by atoms with Crippen molar-refractivity contribution in [2.45, 2.75) is 0 Å². The summed E-state index contributed by atoms with van der Waals surface area (Å²) in [5, 5.41) is 0. The maximum atomic E-state index is 5.49. The van der Waals surface area contributed by atoms with E-state index in [1.807, 2.05) is 121 Å². The molecular formula is C48H26. The maximum Gasteiger partial charge on any atom is 0.0261 e. The molecule has 0 bridgehead atoms. The molecule has 6 aromatic carbocycles. The molecule has 0 heteroatoms. The smallest absolute Gasteiger partial charge is 0.0261 e. The molecule has 48 heavy (non-hydrogen) atoms. The van der Waals surface area contributed by atoms with E-state index in [1.54, 1.807) is 0 Å². The van der Waals surface area contributed by atoms with Crippen molar-refractivity contribution in [3.63, 3.8) is 0 Å². The molecule has 0 fully saturated rings. The quantitative estimate of drug-likeness (QED) is 0.165. The Hall–Kier alpha value is -7.32. The number of terminal acetylenes is 2. The van der Waals surface area contributed by atoms with E-state index < -0.39 is 0 Å². The first-order valence-corrected chi connectivity index (χ1v) is 15.3. The van der Waals surface area contributed by atoms with Gasteiger partial charge in [0.15, 0.2) is 0 Å². The summed E-state index contributed by atoms with van der Waals surface area (Å²) in [6.07, 6.45) is 11.0. The van der Waals surface area contributed by atoms with Gasteiger partial charge in [-0.25, -0.2) is 0 Å². The minimum absolute atomic E-state index is 0.822. The molecule has 0 nitrogen and oxygen atoms in total. The van der Waals surface area contributed by atoms with Crippen LogP contribution in [0, 0.1) is 72.1 Å². The van der Waals surface area contributed by atoms with E-state index in [-0.39, 0.29) is 0 Å². The average Bonchev–Trinajstić information content (AvgIpc) is 3.16. The van der Waals surface area contributed by atoms with Gasteiger partial charge in [0.25, 0.3) is 0 Å². The minimum Gasteiger partial charge on any atom is -0.115 e. The molecule has 0 atom stereocenters. The highest BCUT2D eigenvalue weighted by Crippen LogP contribution is 2.21. The summed E-state index contributed by atoms with van der Waals surface area (Å²) >= 11 is 0. The highest BCUT2D eigenvalue weighted by molar-refractivity contribution is 5.67. The third kappa shape index (κ3) is 8.44. The van der Waals surface area contributed by atoms with Crippen LogP contribution in [0.2, 0.25) is 0 Å². The molecule has 0 aliphatic carbocycles. The molecule has 0 aromatic heterocycles. The van der Waals surface area contributed by atoms with Crippen molar-refractivity contribution in [1.82, 2.24) is 0 Å². The number of hydrogen-bond acceptors (Lipinski definition) is 0. The zero-order valence-corrected chi connectivity index (χ0v) is 26.0. The fourth-order valence-corrected chi connectivity index (χ4v) is 4.78. The van der Waals surface area contributed by atoms with Crippen LogP contribution < -0.4 is 0 Å². The van der Waals surface area contributed by atoms with Gasteiger partial charge in [-0.3, -0.25) is 0 Å². The van der Waals surface area contributed by atoms with Crippen LogP contribution in [0.15, 0.2) is 146 Å². The zero-order valence-electron chi connectivity index (χ0n) is 26.0. The fraction of sp³-hybridized carbons (Fsp3) is 0. The monoisotopic (exact) mass is 602 g/mol. The van der Waals surface area contributed by atoms with Gasteiger partial charge in [0, 0.05) is 55.6 Å². The van der Waals surface area contributed by atoms with E-state index in [9.17, 15) is 0 Å². The van der Waals surface area contributed by atoms with Crippen LogP contribution in [0.3, 0.4) is 0 Å². The molecule has 6 aromatic rings. The molecule has 0 saturated carbocycles. The second-order valence-electron chi connectivity index (χ2n) is 10.8. The summed E-state index contributed by atoms with van der Waals surface area (Å²) in [6, 6.07) is 47.7. The van der Waals surface area contributed by atoms with Gasteiger partial charge in [0.1, 0.15) is 0 Å². The van der Waals surface area contributed by atoms with Gasteiger partial charge >= 0.3 is 0 Å². The van der Waals surface area contributed by atoms with Crippen LogP contribution in [-0.4, -0.2) is 0 Å². The minimum atomic E-state index is 0.822. The molecule has 0 unspecified atom stereocenters. The standard InChI is InChI=1S/C48H26/c1-3-37-9-5-11-43(33-37)29-25-39-17-21-41(22-18-39)27-31-45-13-7-15-47(35-45)48-16-8-14-46(36-48)32-28-42-23-19-40(20-24-42)26-30-44-12-6-10-38(4-2)34-44/h1-2,5-24,33-36H. The second kappa shape index (κ2) is 15.1. The van der Waals surface area contributed by atoms with Crippen molar-refractivity contribution in [1.29, 1.82) is 0 Å². The molecule has 6 rings (SSSR count). The topological polar surface area (TPSA) is 0 Å². The molecule has 0 radical (unpaired) electrons. The van der Waals surface area contributed by atoms with Crippen LogP contribution in [0.5, 0.6) is 0 Å². The molecule has 0 spiro atoms. The molecule has 0 heterocycles. The summed E-state index contributed by atoms with van der Waals surface area (Å²) in [5.74, 6) is 31.1. The van der Waals surface area contributed by atoms with Gasteiger partial charge in [0.05, 0.1) is 0 Å². The Bertz CT molecular complexity index is 2280. The molecule has 0 saturated heterocycles. The second-order valence-corrected chi connectivity index (χ2v) is 10.8. The predicted octanol–water partition coefficient (Wildman–Crippen LogP) is 8.92. The Kier molecular flexibility index (Phi) is 9.66. The van der Waals surface area contributed by atoms with Crippen molar-refractivity contribution in [3.8, 4) is 83.2 Å². The molecule has 0 N–H and O–H groups in total. The van der Waals surface area contributed by atoms with E-state index in [0.717, 1.165) is 66.8 Å². The van der Waals surface area contributed by atoms with Crippen LogP contribution in [0.25, 0.3) is 11.1 Å². The fourth-order valence-electron chi connectivity index (χ4n) is 4.78. The van der Waals surface area contributed by atoms with Gasteiger partial charge in [-0.1, -0.05) is 95.6 Å². The number of rotatable bonds is 1. The Morgan fingerprint density at radius 2 is 0.500 bits per heavy atom. The van der Waals surface area contributed by atoms with Crippen molar-refractivity contribution in [3.05, 3.63) is 201 Å². The summed E-state index contributed by atoms with van der Waals surface area (Å²) in [7, 11) is 0. The lowest BCUT2D eigenvalue weighted by atomic mass is 10.0. The third-order valence-corrected chi connectivity index (χ3v) is 7.29. The first-order chi connectivity index (χ1) is 23.6. The lowest BCUT2D eigenvalue weighted by Crippen LogP contribution is -1.83. The molecule has 218 valence electrons. The Morgan fingerprint density at radius 1 is 0.250 bits per heavy atom. The highest BCUT2D eigenvalue weighted by atomic mass is 14.0. The third-order valence-electron chi connectivity index (χ3n) is 7.29. The first kappa shape index (κ1) is 30.7. The summed E-state index contributed by atoms with van der Waals surface area (Å²) in [5.41, 5.74) is 11.2. The first-order valence-electron chi connectivity index (χ1n) is 15.3. The van der Waals surface area contributed by atoms with Gasteiger partial charge < -0.3 is 0 Å². The average molecular weight is 603 g/mol. The van der Waals surface area contributed by atoms with Crippen molar-refractivity contribution < 1.29 is 0 Å². The van der Waals surface area contributed by atoms with Crippen LogP contribution in [0.1, 0.15) is 55.6 Å². The largest absolute Gasteiger partial charge is 0.115 e. The summed E-state index contributed by atoms with van der Waals surface area (Å²) < 4.78 is 0. The van der Waals surface area contributed by atoms with Gasteiger partial charge in [-0.2, -0.15) is 0 Å². The Balaban J connectivity index is 1.11. The summed E-state index contributed by atoms with van der Waals surface area (Å²) in [4.78, 5) is 0. The Labute approximate surface area is 283 Å². The summed E-state index contributed by atoms with van der Waals surface area (Å²) in [6.45, 7) is 0. The number of benzene rings is 6. The lowest BCUT2D eigenvalue weighted by Gasteiger charge is -2.03. The van der Waals surface area contributed by atoms with Crippen molar-refractivity contribution >= 4 is 0 Å². The van der Waals surface area contributed by atoms with Crippen molar-refractivity contribution in [2.75, 3.05) is 0 Å². The maximum absolute atomic E-state index is 5.49. The SMILES string of the molecule is C#Cc1cccc(C#Cc2ccc(C#Cc3cccc(-c4cccc(C#Cc5ccc(C#Cc6cccc(C#C)c6)cc5)c4)c3)cc2)c1. The van der Waals surface area contributed by atoms with Crippen LogP contribution in [0.4, 0.5) is 0 Å². The van der Waals surface area contributed by atoms with E-state index in [4.69, 9.17) is 12.8 Å². The van der Waals surface area contributed by atoms with E-state index in [0.29, 0.717) is 0 Å². The number of hydrogen-bond donors (Lipinski definition) is 0. The van der Waals surface area contributed by atoms with Gasteiger partial charge in [0.2, 0.25) is 0 Å². The predicted molar refractivity (Wildman–Crippen MR) is 197 cm³/mol. The molecular weight excluding hydrogens is 577 g/mol. The molecule has 0 aliphatic rings. The molecule has 0 amide bonds. The van der Waals surface area contributed by atoms with Crippen molar-refractivity contribution in [2.24, 2.45) is 0 Å². The van der Waals surface area contributed by atoms with E-state index in [1.165, 1.54) is 0 Å². The highest BCUT2D eigenvalue weighted by Gasteiger charge is 2.00. The lowest BCUT2D eigenvalue weighted by molar-refractivity contribution is 1.56. The van der Waals surface area contributed by atoms with Crippen LogP contribution in [-0.2, 0) is 0 Å². The van der Waals surface area contributed by atoms with Gasteiger partial charge in [-0.15, -0.1) is 12.8 Å². The zero-order chi connectivity index (χ0) is 33.0. The van der Waals surface area contributed by atoms with Crippen LogP contribution >= 0.6 is 0 Å².